The van der Waals surface area contributed by atoms with Crippen LogP contribution in [0.2, 0.25) is 0 Å². The Hall–Kier alpha value is -0.814. The summed E-state index contributed by atoms with van der Waals surface area (Å²) >= 11 is 0. The number of hydrogen-bond acceptors (Lipinski definition) is 7. The zero-order valence-corrected chi connectivity index (χ0v) is 36.5. The van der Waals surface area contributed by atoms with Gasteiger partial charge in [0, 0.05) is 0 Å². The second kappa shape index (κ2) is 34.9. The van der Waals surface area contributed by atoms with Crippen LogP contribution < -0.4 is 51.4 Å². The molecule has 0 heterocycles. The fraction of sp³-hybridized carbons (Fsp3) is 0.714. The topological polar surface area (TPSA) is 110 Å². The van der Waals surface area contributed by atoms with E-state index >= 15 is 0 Å². The fourth-order valence-corrected chi connectivity index (χ4v) is 6.66. The maximum atomic E-state index is 12.9. The summed E-state index contributed by atoms with van der Waals surface area (Å²) < 4.78 is 46.5. The van der Waals surface area contributed by atoms with Crippen molar-refractivity contribution in [2.24, 2.45) is 0 Å². The summed E-state index contributed by atoms with van der Waals surface area (Å²) in [6.45, 7) is 4.63. The quantitative estimate of drug-likeness (QED) is 0.0231. The molecule has 0 spiro atoms. The standard InChI is InChI=1S/C42H70O7S.K/c1-3-5-7-9-11-13-15-17-19-21-23-25-27-29-31-36-48-41(43)38-34-33-35-39(50(45,46)47)40(38)42(44)49-37-32-30-28-26-24-22-20-18-16-14-12-10-8-6-4-2;/h25-28,33-35H,3-24,29-32,36-37H2,1-2H3,(H,45,46,47);/q;+1/p-1/b27-25+,28-26+;. The Morgan fingerprint density at radius 2 is 0.902 bits per heavy atom. The molecule has 0 aromatic heterocycles. The summed E-state index contributed by atoms with van der Waals surface area (Å²) in [5.74, 6) is -1.87. The van der Waals surface area contributed by atoms with Gasteiger partial charge in [0.25, 0.3) is 0 Å². The third-order valence-electron chi connectivity index (χ3n) is 9.00. The van der Waals surface area contributed by atoms with Crippen LogP contribution in [0.1, 0.15) is 202 Å². The minimum Gasteiger partial charge on any atom is -0.744 e. The van der Waals surface area contributed by atoms with E-state index in [-0.39, 0.29) is 70.2 Å². The molecular weight excluding hydrogens is 688 g/mol. The minimum absolute atomic E-state index is 0. The molecule has 0 saturated carbocycles. The van der Waals surface area contributed by atoms with Crippen LogP contribution in [0.4, 0.5) is 0 Å². The molecule has 0 saturated heterocycles. The number of benzene rings is 1. The summed E-state index contributed by atoms with van der Waals surface area (Å²) in [5, 5.41) is 0. The number of allylic oxidation sites excluding steroid dienone is 4. The Morgan fingerprint density at radius 3 is 1.29 bits per heavy atom. The first-order chi connectivity index (χ1) is 24.3. The molecule has 0 aliphatic carbocycles. The molecule has 9 heteroatoms. The normalized spacial score (nSPS) is 11.7. The second-order valence-electron chi connectivity index (χ2n) is 13.6. The van der Waals surface area contributed by atoms with Crippen molar-refractivity contribution >= 4 is 22.1 Å². The van der Waals surface area contributed by atoms with E-state index in [1.54, 1.807) is 0 Å². The van der Waals surface area contributed by atoms with Crippen molar-refractivity contribution < 1.29 is 83.4 Å². The Morgan fingerprint density at radius 1 is 0.549 bits per heavy atom. The third kappa shape index (κ3) is 27.4. The van der Waals surface area contributed by atoms with Crippen LogP contribution in [-0.4, -0.2) is 38.1 Å². The smallest absolute Gasteiger partial charge is 0.744 e. The Labute approximate surface area is 354 Å². The molecule has 0 amide bonds. The van der Waals surface area contributed by atoms with E-state index in [9.17, 15) is 22.6 Å². The van der Waals surface area contributed by atoms with Gasteiger partial charge in [-0.15, -0.1) is 0 Å². The summed E-state index contributed by atoms with van der Waals surface area (Å²) in [7, 11) is -5.03. The average Bonchev–Trinajstić information content (AvgIpc) is 3.10. The molecule has 1 rings (SSSR count). The molecule has 1 aromatic rings. The first kappa shape index (κ1) is 50.2. The van der Waals surface area contributed by atoms with E-state index in [2.05, 4.69) is 38.2 Å². The molecule has 0 N–H and O–H groups in total. The first-order valence-corrected chi connectivity index (χ1v) is 21.5. The van der Waals surface area contributed by atoms with E-state index in [1.165, 1.54) is 134 Å². The number of hydrogen-bond donors (Lipinski definition) is 0. The molecular formula is C42H69KO7S. The van der Waals surface area contributed by atoms with Crippen LogP contribution in [0, 0.1) is 0 Å². The van der Waals surface area contributed by atoms with Crippen molar-refractivity contribution in [2.75, 3.05) is 13.2 Å². The van der Waals surface area contributed by atoms with Gasteiger partial charge in [0.05, 0.1) is 29.2 Å². The van der Waals surface area contributed by atoms with Crippen LogP contribution in [0.5, 0.6) is 0 Å². The van der Waals surface area contributed by atoms with E-state index in [0.29, 0.717) is 19.3 Å². The fourth-order valence-electron chi connectivity index (χ4n) is 5.97. The van der Waals surface area contributed by atoms with Crippen LogP contribution >= 0.6 is 0 Å². The second-order valence-corrected chi connectivity index (χ2v) is 14.9. The molecule has 286 valence electrons. The molecule has 7 nitrogen and oxygen atoms in total. The van der Waals surface area contributed by atoms with Gasteiger partial charge in [0.2, 0.25) is 0 Å². The molecule has 0 aliphatic heterocycles. The maximum absolute atomic E-state index is 12.9. The predicted molar refractivity (Wildman–Crippen MR) is 205 cm³/mol. The van der Waals surface area contributed by atoms with Crippen LogP contribution in [0.25, 0.3) is 0 Å². The summed E-state index contributed by atoms with van der Waals surface area (Å²) in [6, 6.07) is 3.57. The Balaban J connectivity index is 0.0000250. The van der Waals surface area contributed by atoms with Crippen LogP contribution in [-0.2, 0) is 19.6 Å². The monoisotopic (exact) mass is 756 g/mol. The van der Waals surface area contributed by atoms with E-state index in [4.69, 9.17) is 9.47 Å². The van der Waals surface area contributed by atoms with Crippen molar-refractivity contribution in [3.63, 3.8) is 0 Å². The van der Waals surface area contributed by atoms with Gasteiger partial charge < -0.3 is 14.0 Å². The first-order valence-electron chi connectivity index (χ1n) is 20.1. The SMILES string of the molecule is CCCCCCCCCCCC/C=C/CCCOC(=O)c1cccc(S(=O)(=O)[O-])c1C(=O)OCCC/C=C/CCCCCCCCCCCC.[K+]. The van der Waals surface area contributed by atoms with Gasteiger partial charge in [-0.25, -0.2) is 18.0 Å². The Kier molecular flexibility index (Phi) is 34.4. The summed E-state index contributed by atoms with van der Waals surface area (Å²) in [6.07, 6.45) is 39.3. The van der Waals surface area contributed by atoms with Crippen molar-refractivity contribution in [3.05, 3.63) is 53.6 Å². The third-order valence-corrected chi connectivity index (χ3v) is 9.88. The average molecular weight is 757 g/mol. The largest absolute Gasteiger partial charge is 1.00 e. The molecule has 1 aromatic carbocycles. The van der Waals surface area contributed by atoms with Gasteiger partial charge in [-0.3, -0.25) is 0 Å². The van der Waals surface area contributed by atoms with Crippen LogP contribution in [0.15, 0.2) is 47.4 Å². The van der Waals surface area contributed by atoms with Gasteiger partial charge in [-0.1, -0.05) is 160 Å². The molecule has 0 fully saturated rings. The van der Waals surface area contributed by atoms with Crippen molar-refractivity contribution in [1.82, 2.24) is 0 Å². The van der Waals surface area contributed by atoms with Gasteiger partial charge in [0.1, 0.15) is 10.1 Å². The molecule has 51 heavy (non-hydrogen) atoms. The van der Waals surface area contributed by atoms with Crippen molar-refractivity contribution in [2.45, 2.75) is 186 Å². The van der Waals surface area contributed by atoms with E-state index < -0.39 is 32.5 Å². The zero-order valence-electron chi connectivity index (χ0n) is 32.6. The van der Waals surface area contributed by atoms with E-state index in [0.717, 1.165) is 31.7 Å². The number of carbonyl (C=O) groups is 2. The summed E-state index contributed by atoms with van der Waals surface area (Å²) in [5.41, 5.74) is -0.833. The molecule has 0 unspecified atom stereocenters. The maximum Gasteiger partial charge on any atom is 1.00 e. The summed E-state index contributed by atoms with van der Waals surface area (Å²) in [4.78, 5) is 25.0. The van der Waals surface area contributed by atoms with Gasteiger partial charge in [-0.05, 0) is 63.5 Å². The van der Waals surface area contributed by atoms with E-state index in [1.807, 2.05) is 0 Å². The molecule has 0 bridgehead atoms. The molecule has 0 atom stereocenters. The minimum atomic E-state index is -5.03. The Bertz CT molecular complexity index is 1180. The van der Waals surface area contributed by atoms with Crippen molar-refractivity contribution in [1.29, 1.82) is 0 Å². The number of esters is 2. The number of rotatable bonds is 33. The number of ether oxygens (including phenoxy) is 2. The van der Waals surface area contributed by atoms with Gasteiger partial charge in [0.15, 0.2) is 0 Å². The molecule has 0 radical (unpaired) electrons. The predicted octanol–water partition coefficient (Wildman–Crippen LogP) is 9.20. The number of unbranched alkanes of at least 4 members (excludes halogenated alkanes) is 22. The van der Waals surface area contributed by atoms with Gasteiger partial charge in [-0.2, -0.15) is 0 Å². The number of carbonyl (C=O) groups excluding carboxylic acids is 2. The zero-order chi connectivity index (χ0) is 36.5. The van der Waals surface area contributed by atoms with Crippen LogP contribution in [0.3, 0.4) is 0 Å². The molecule has 0 aliphatic rings. The van der Waals surface area contributed by atoms with Gasteiger partial charge >= 0.3 is 63.3 Å². The van der Waals surface area contributed by atoms with Crippen molar-refractivity contribution in [3.8, 4) is 0 Å².